The average Bonchev–Trinajstić information content (AvgIpc) is 2.83. The minimum Gasteiger partial charge on any atom is -0.348 e. The highest BCUT2D eigenvalue weighted by Gasteiger charge is 2.32. The third-order valence-corrected chi connectivity index (χ3v) is 6.29. The zero-order valence-corrected chi connectivity index (χ0v) is 18.7. The highest BCUT2D eigenvalue weighted by Crippen LogP contribution is 2.35. The van der Waals surface area contributed by atoms with Crippen molar-refractivity contribution in [3.05, 3.63) is 88.2 Å². The first-order chi connectivity index (χ1) is 15.8. The zero-order chi connectivity index (χ0) is 23.4. The predicted molar refractivity (Wildman–Crippen MR) is 123 cm³/mol. The number of hydrogen-bond acceptors (Lipinski definition) is 2. The third-order valence-electron chi connectivity index (χ3n) is 6.04. The van der Waals surface area contributed by atoms with Gasteiger partial charge in [0.15, 0.2) is 0 Å². The molecule has 0 spiro atoms. The second-order valence-electron chi connectivity index (χ2n) is 8.42. The van der Waals surface area contributed by atoms with Crippen molar-refractivity contribution in [3.63, 3.8) is 0 Å². The average molecular weight is 473 g/mol. The van der Waals surface area contributed by atoms with E-state index in [1.54, 1.807) is 0 Å². The Morgan fingerprint density at radius 3 is 2.33 bits per heavy atom. The van der Waals surface area contributed by atoms with E-state index in [2.05, 4.69) is 16.4 Å². The van der Waals surface area contributed by atoms with Crippen molar-refractivity contribution in [2.75, 3.05) is 0 Å². The number of alkyl halides is 3. The molecule has 4 rings (SSSR count). The molecule has 3 nitrogen and oxygen atoms in total. The fraction of sp³-hybridized carbons (Fsp3) is 0.308. The molecule has 0 radical (unpaired) electrons. The molecule has 1 heterocycles. The lowest BCUT2D eigenvalue weighted by atomic mass is 9.82. The molecule has 1 amide bonds. The van der Waals surface area contributed by atoms with Crippen LogP contribution in [0.1, 0.15) is 65.2 Å². The summed E-state index contributed by atoms with van der Waals surface area (Å²) >= 11 is 6.04. The van der Waals surface area contributed by atoms with Crippen LogP contribution in [0.15, 0.2) is 60.8 Å². The van der Waals surface area contributed by atoms with Crippen LogP contribution in [0, 0.1) is 0 Å². The van der Waals surface area contributed by atoms with E-state index in [0.717, 1.165) is 41.8 Å². The van der Waals surface area contributed by atoms with Crippen LogP contribution in [0.2, 0.25) is 5.02 Å². The van der Waals surface area contributed by atoms with Crippen LogP contribution in [0.3, 0.4) is 0 Å². The fourth-order valence-corrected chi connectivity index (χ4v) is 4.37. The van der Waals surface area contributed by atoms with Gasteiger partial charge in [-0.25, -0.2) is 0 Å². The minimum atomic E-state index is -4.49. The van der Waals surface area contributed by atoms with Gasteiger partial charge in [-0.15, -0.1) is 0 Å². The summed E-state index contributed by atoms with van der Waals surface area (Å²) < 4.78 is 38.1. The van der Waals surface area contributed by atoms with E-state index >= 15 is 0 Å². The van der Waals surface area contributed by atoms with Crippen LogP contribution in [0.25, 0.3) is 11.1 Å². The standard InChI is InChI=1S/C26H24ClF3N2O/c27-23-9-7-19(8-10-23)21-12-20(18-4-2-1-3-5-18)13-22(14-21)25(33)32-16-17-6-11-24(31-15-17)26(28,29)30/h6-15,18H,1-5,16H2,(H,32,33). The first-order valence-electron chi connectivity index (χ1n) is 11.0. The number of halogens is 4. The number of rotatable bonds is 5. The van der Waals surface area contributed by atoms with Crippen molar-refractivity contribution in [1.29, 1.82) is 0 Å². The van der Waals surface area contributed by atoms with Gasteiger partial charge in [0, 0.05) is 23.3 Å². The Morgan fingerprint density at radius 1 is 0.970 bits per heavy atom. The Bertz CT molecular complexity index is 1110. The first kappa shape index (κ1) is 23.3. The molecule has 172 valence electrons. The maximum atomic E-state index is 13.0. The number of pyridine rings is 1. The predicted octanol–water partition coefficient (Wildman–Crippen LogP) is 7.40. The summed E-state index contributed by atoms with van der Waals surface area (Å²) in [6.45, 7) is 0.0912. The highest BCUT2D eigenvalue weighted by atomic mass is 35.5. The summed E-state index contributed by atoms with van der Waals surface area (Å²) in [6, 6.07) is 15.7. The zero-order valence-electron chi connectivity index (χ0n) is 18.0. The number of carbonyl (C=O) groups is 1. The van der Waals surface area contributed by atoms with Crippen LogP contribution >= 0.6 is 11.6 Å². The SMILES string of the molecule is O=C(NCc1ccc(C(F)(F)F)nc1)c1cc(-c2ccc(Cl)cc2)cc(C2CCCCC2)c1. The number of carbonyl (C=O) groups excluding carboxylic acids is 1. The number of aromatic nitrogens is 1. The Morgan fingerprint density at radius 2 is 1.70 bits per heavy atom. The van der Waals surface area contributed by atoms with Crippen molar-refractivity contribution < 1.29 is 18.0 Å². The van der Waals surface area contributed by atoms with Crippen LogP contribution in [-0.4, -0.2) is 10.9 Å². The van der Waals surface area contributed by atoms with E-state index in [1.807, 2.05) is 36.4 Å². The quantitative estimate of drug-likeness (QED) is 0.420. The molecule has 0 saturated heterocycles. The normalized spacial score (nSPS) is 14.8. The van der Waals surface area contributed by atoms with E-state index < -0.39 is 11.9 Å². The van der Waals surface area contributed by atoms with Crippen molar-refractivity contribution >= 4 is 17.5 Å². The first-order valence-corrected chi connectivity index (χ1v) is 11.4. The number of amides is 1. The van der Waals surface area contributed by atoms with Gasteiger partial charge in [0.1, 0.15) is 5.69 Å². The van der Waals surface area contributed by atoms with Crippen LogP contribution in [0.4, 0.5) is 13.2 Å². The fourth-order valence-electron chi connectivity index (χ4n) is 4.24. The van der Waals surface area contributed by atoms with Crippen molar-refractivity contribution in [1.82, 2.24) is 10.3 Å². The lowest BCUT2D eigenvalue weighted by Crippen LogP contribution is -2.23. The van der Waals surface area contributed by atoms with Gasteiger partial charge in [0.2, 0.25) is 0 Å². The number of nitrogens with zero attached hydrogens (tertiary/aromatic N) is 1. The monoisotopic (exact) mass is 472 g/mol. The van der Waals surface area contributed by atoms with Gasteiger partial charge in [-0.1, -0.05) is 55.1 Å². The molecule has 33 heavy (non-hydrogen) atoms. The maximum Gasteiger partial charge on any atom is 0.433 e. The van der Waals surface area contributed by atoms with E-state index in [-0.39, 0.29) is 12.5 Å². The second-order valence-corrected chi connectivity index (χ2v) is 8.85. The molecule has 1 fully saturated rings. The Kier molecular flexibility index (Phi) is 7.03. The molecular weight excluding hydrogens is 449 g/mol. The third kappa shape index (κ3) is 5.93. The Balaban J connectivity index is 1.56. The second kappa shape index (κ2) is 9.96. The van der Waals surface area contributed by atoms with Crippen LogP contribution in [-0.2, 0) is 12.7 Å². The van der Waals surface area contributed by atoms with Crippen molar-refractivity contribution in [3.8, 4) is 11.1 Å². The molecule has 0 bridgehead atoms. The maximum absolute atomic E-state index is 13.0. The van der Waals surface area contributed by atoms with Gasteiger partial charge < -0.3 is 5.32 Å². The molecule has 0 aliphatic heterocycles. The van der Waals surface area contributed by atoms with Gasteiger partial charge >= 0.3 is 6.18 Å². The summed E-state index contributed by atoms with van der Waals surface area (Å²) in [5, 5.41) is 3.45. The van der Waals surface area contributed by atoms with Crippen molar-refractivity contribution in [2.24, 2.45) is 0 Å². The lowest BCUT2D eigenvalue weighted by Gasteiger charge is -2.23. The summed E-state index contributed by atoms with van der Waals surface area (Å²) in [5.41, 5.74) is 3.13. The number of hydrogen-bond donors (Lipinski definition) is 1. The molecule has 1 aliphatic rings. The summed E-state index contributed by atoms with van der Waals surface area (Å²) in [5.74, 6) is 0.138. The van der Waals surface area contributed by atoms with E-state index in [0.29, 0.717) is 22.1 Å². The van der Waals surface area contributed by atoms with Crippen LogP contribution < -0.4 is 5.32 Å². The van der Waals surface area contributed by atoms with Gasteiger partial charge in [0.25, 0.3) is 5.91 Å². The van der Waals surface area contributed by atoms with E-state index in [4.69, 9.17) is 11.6 Å². The molecule has 1 saturated carbocycles. The molecule has 2 aromatic carbocycles. The highest BCUT2D eigenvalue weighted by molar-refractivity contribution is 6.30. The summed E-state index contributed by atoms with van der Waals surface area (Å²) in [4.78, 5) is 16.4. The van der Waals surface area contributed by atoms with E-state index in [9.17, 15) is 18.0 Å². The number of nitrogens with one attached hydrogen (secondary N) is 1. The molecule has 1 aromatic heterocycles. The molecular formula is C26H24ClF3N2O. The van der Waals surface area contributed by atoms with Crippen molar-refractivity contribution in [2.45, 2.75) is 50.7 Å². The topological polar surface area (TPSA) is 42.0 Å². The number of benzene rings is 2. The minimum absolute atomic E-state index is 0.0912. The van der Waals surface area contributed by atoms with E-state index in [1.165, 1.54) is 25.3 Å². The molecule has 0 atom stereocenters. The van der Waals surface area contributed by atoms with Gasteiger partial charge in [0.05, 0.1) is 0 Å². The van der Waals surface area contributed by atoms with Gasteiger partial charge in [-0.3, -0.25) is 9.78 Å². The molecule has 3 aromatic rings. The van der Waals surface area contributed by atoms with Crippen LogP contribution in [0.5, 0.6) is 0 Å². The molecule has 0 unspecified atom stereocenters. The molecule has 7 heteroatoms. The Hall–Kier alpha value is -2.86. The Labute approximate surface area is 196 Å². The van der Waals surface area contributed by atoms with Gasteiger partial charge in [-0.2, -0.15) is 13.2 Å². The molecule has 1 N–H and O–H groups in total. The lowest BCUT2D eigenvalue weighted by molar-refractivity contribution is -0.141. The molecule has 1 aliphatic carbocycles. The largest absolute Gasteiger partial charge is 0.433 e. The summed E-state index contributed by atoms with van der Waals surface area (Å²) in [7, 11) is 0. The van der Waals surface area contributed by atoms with Gasteiger partial charge in [-0.05, 0) is 71.3 Å². The summed E-state index contributed by atoms with van der Waals surface area (Å²) in [6.07, 6.45) is 2.45. The smallest absolute Gasteiger partial charge is 0.348 e.